The minimum Gasteiger partial charge on any atom is -0.487 e. The Morgan fingerprint density at radius 3 is 1.91 bits per heavy atom. The SMILES string of the molecule is Cc1cc(COc2cc(C(F)(F)F)cc(C(F)(F)F)c2)no1. The molecule has 0 N–H and O–H groups in total. The van der Waals surface area contributed by atoms with Gasteiger partial charge in [0.2, 0.25) is 0 Å². The van der Waals surface area contributed by atoms with E-state index in [4.69, 9.17) is 9.26 Å². The zero-order chi connectivity index (χ0) is 16.5. The lowest BCUT2D eigenvalue weighted by atomic mass is 10.1. The van der Waals surface area contributed by atoms with Crippen molar-refractivity contribution in [2.24, 2.45) is 0 Å². The summed E-state index contributed by atoms with van der Waals surface area (Å²) in [5, 5.41) is 3.53. The van der Waals surface area contributed by atoms with Gasteiger partial charge in [0.25, 0.3) is 0 Å². The first-order valence-corrected chi connectivity index (χ1v) is 5.90. The molecule has 0 fully saturated rings. The van der Waals surface area contributed by atoms with Gasteiger partial charge < -0.3 is 9.26 Å². The summed E-state index contributed by atoms with van der Waals surface area (Å²) in [5.41, 5.74) is -2.62. The monoisotopic (exact) mass is 325 g/mol. The van der Waals surface area contributed by atoms with Gasteiger partial charge in [0, 0.05) is 6.07 Å². The summed E-state index contributed by atoms with van der Waals surface area (Å²) < 4.78 is 85.6. The normalized spacial score (nSPS) is 12.5. The van der Waals surface area contributed by atoms with Crippen LogP contribution in [-0.2, 0) is 19.0 Å². The Kier molecular flexibility index (Phi) is 4.08. The Balaban J connectivity index is 2.29. The fourth-order valence-corrected chi connectivity index (χ4v) is 1.65. The van der Waals surface area contributed by atoms with Crippen LogP contribution < -0.4 is 4.74 Å². The second-order valence-corrected chi connectivity index (χ2v) is 4.46. The maximum absolute atomic E-state index is 12.7. The van der Waals surface area contributed by atoms with Crippen molar-refractivity contribution in [2.75, 3.05) is 0 Å². The fourth-order valence-electron chi connectivity index (χ4n) is 1.65. The summed E-state index contributed by atoms with van der Waals surface area (Å²) in [6, 6.07) is 2.50. The number of benzene rings is 1. The van der Waals surface area contributed by atoms with Gasteiger partial charge in [-0.2, -0.15) is 26.3 Å². The van der Waals surface area contributed by atoms with Crippen LogP contribution in [0.3, 0.4) is 0 Å². The molecule has 0 aliphatic carbocycles. The highest BCUT2D eigenvalue weighted by Crippen LogP contribution is 2.38. The van der Waals surface area contributed by atoms with Crippen molar-refractivity contribution >= 4 is 0 Å². The zero-order valence-electron chi connectivity index (χ0n) is 11.0. The number of halogens is 6. The van der Waals surface area contributed by atoms with Gasteiger partial charge in [-0.15, -0.1) is 0 Å². The van der Waals surface area contributed by atoms with Crippen LogP contribution in [-0.4, -0.2) is 5.16 Å². The van der Waals surface area contributed by atoms with E-state index in [1.165, 1.54) is 6.07 Å². The number of ether oxygens (including phenoxy) is 1. The molecule has 0 saturated carbocycles. The van der Waals surface area contributed by atoms with E-state index in [2.05, 4.69) is 5.16 Å². The molecule has 0 bridgehead atoms. The number of aryl methyl sites for hydroxylation is 1. The molecule has 1 heterocycles. The van der Waals surface area contributed by atoms with E-state index in [0.717, 1.165) is 0 Å². The van der Waals surface area contributed by atoms with Crippen LogP contribution in [0, 0.1) is 6.92 Å². The van der Waals surface area contributed by atoms with Gasteiger partial charge in [-0.1, -0.05) is 5.16 Å². The van der Waals surface area contributed by atoms with Crippen LogP contribution in [0.1, 0.15) is 22.6 Å². The lowest BCUT2D eigenvalue weighted by molar-refractivity contribution is -0.143. The van der Waals surface area contributed by atoms with E-state index < -0.39 is 29.2 Å². The quantitative estimate of drug-likeness (QED) is 0.774. The molecule has 2 rings (SSSR count). The molecule has 0 unspecified atom stereocenters. The van der Waals surface area contributed by atoms with Crippen LogP contribution in [0.2, 0.25) is 0 Å². The van der Waals surface area contributed by atoms with Gasteiger partial charge in [-0.05, 0) is 25.1 Å². The number of hydrogen-bond acceptors (Lipinski definition) is 3. The minimum absolute atomic E-state index is 0.0348. The van der Waals surface area contributed by atoms with Crippen molar-refractivity contribution in [1.82, 2.24) is 5.16 Å². The maximum atomic E-state index is 12.7. The van der Waals surface area contributed by atoms with Crippen LogP contribution >= 0.6 is 0 Å². The fraction of sp³-hybridized carbons (Fsp3) is 0.308. The molecule has 1 aromatic carbocycles. The molecule has 0 aliphatic heterocycles. The topological polar surface area (TPSA) is 35.3 Å². The van der Waals surface area contributed by atoms with Gasteiger partial charge in [0.1, 0.15) is 23.8 Å². The van der Waals surface area contributed by atoms with Gasteiger partial charge >= 0.3 is 12.4 Å². The molecule has 0 aliphatic rings. The second kappa shape index (κ2) is 5.54. The van der Waals surface area contributed by atoms with Gasteiger partial charge in [0.05, 0.1) is 11.1 Å². The number of nitrogens with zero attached hydrogens (tertiary/aromatic N) is 1. The summed E-state index contributed by atoms with van der Waals surface area (Å²) in [7, 11) is 0. The molecule has 3 nitrogen and oxygen atoms in total. The van der Waals surface area contributed by atoms with Crippen molar-refractivity contribution in [1.29, 1.82) is 0 Å². The predicted molar refractivity (Wildman–Crippen MR) is 62.0 cm³/mol. The summed E-state index contributed by atoms with van der Waals surface area (Å²) >= 11 is 0. The van der Waals surface area contributed by atoms with Crippen LogP contribution in [0.4, 0.5) is 26.3 Å². The highest BCUT2D eigenvalue weighted by atomic mass is 19.4. The lowest BCUT2D eigenvalue weighted by Gasteiger charge is -2.14. The molecule has 0 spiro atoms. The Hall–Kier alpha value is -2.19. The molecule has 9 heteroatoms. The average molecular weight is 325 g/mol. The Morgan fingerprint density at radius 2 is 1.50 bits per heavy atom. The summed E-state index contributed by atoms with van der Waals surface area (Å²) in [6.07, 6.45) is -9.83. The number of aromatic nitrogens is 1. The first-order chi connectivity index (χ1) is 10.1. The van der Waals surface area contributed by atoms with E-state index >= 15 is 0 Å². The standard InChI is InChI=1S/C13H9F6NO2/c1-7-2-10(20-22-7)6-21-11-4-8(12(14,15)16)3-9(5-11)13(17,18)19/h2-5H,6H2,1H3. The van der Waals surface area contributed by atoms with Gasteiger partial charge in [-0.3, -0.25) is 0 Å². The number of hydrogen-bond donors (Lipinski definition) is 0. The van der Waals surface area contributed by atoms with Crippen molar-refractivity contribution < 1.29 is 35.6 Å². The molecule has 0 amide bonds. The van der Waals surface area contributed by atoms with Crippen LogP contribution in [0.15, 0.2) is 28.8 Å². The maximum Gasteiger partial charge on any atom is 0.416 e. The molecule has 2 aromatic rings. The van der Waals surface area contributed by atoms with E-state index in [9.17, 15) is 26.3 Å². The molecular formula is C13H9F6NO2. The molecule has 0 radical (unpaired) electrons. The third kappa shape index (κ3) is 3.92. The van der Waals surface area contributed by atoms with E-state index in [0.29, 0.717) is 17.9 Å². The summed E-state index contributed by atoms with van der Waals surface area (Å²) in [4.78, 5) is 0. The molecule has 1 aromatic heterocycles. The summed E-state index contributed by atoms with van der Waals surface area (Å²) in [5.74, 6) is -0.110. The Morgan fingerprint density at radius 1 is 0.955 bits per heavy atom. The van der Waals surface area contributed by atoms with Crippen LogP contribution in [0.5, 0.6) is 5.75 Å². The highest BCUT2D eigenvalue weighted by Gasteiger charge is 2.37. The number of rotatable bonds is 3. The van der Waals surface area contributed by atoms with Crippen molar-refractivity contribution in [3.63, 3.8) is 0 Å². The lowest BCUT2D eigenvalue weighted by Crippen LogP contribution is -2.11. The second-order valence-electron chi connectivity index (χ2n) is 4.46. The van der Waals surface area contributed by atoms with E-state index in [-0.39, 0.29) is 18.4 Å². The van der Waals surface area contributed by atoms with Gasteiger partial charge in [0.15, 0.2) is 0 Å². The third-order valence-electron chi connectivity index (χ3n) is 2.62. The first kappa shape index (κ1) is 16.2. The molecule has 0 atom stereocenters. The average Bonchev–Trinajstić information content (AvgIpc) is 2.80. The molecule has 0 saturated heterocycles. The first-order valence-electron chi connectivity index (χ1n) is 5.90. The minimum atomic E-state index is -4.91. The van der Waals surface area contributed by atoms with Crippen molar-refractivity contribution in [3.05, 3.63) is 46.8 Å². The van der Waals surface area contributed by atoms with Crippen LogP contribution in [0.25, 0.3) is 0 Å². The smallest absolute Gasteiger partial charge is 0.416 e. The Bertz CT molecular complexity index is 627. The summed E-state index contributed by atoms with van der Waals surface area (Å²) in [6.45, 7) is 1.28. The van der Waals surface area contributed by atoms with Gasteiger partial charge in [-0.25, -0.2) is 0 Å². The highest BCUT2D eigenvalue weighted by molar-refractivity contribution is 5.37. The zero-order valence-corrected chi connectivity index (χ0v) is 11.0. The van der Waals surface area contributed by atoms with Crippen molar-refractivity contribution in [2.45, 2.75) is 25.9 Å². The molecule has 120 valence electrons. The van der Waals surface area contributed by atoms with E-state index in [1.807, 2.05) is 0 Å². The molecular weight excluding hydrogens is 316 g/mol. The Labute approximate surface area is 120 Å². The third-order valence-corrected chi connectivity index (χ3v) is 2.62. The number of alkyl halides is 6. The van der Waals surface area contributed by atoms with E-state index in [1.54, 1.807) is 6.92 Å². The molecule has 22 heavy (non-hydrogen) atoms. The largest absolute Gasteiger partial charge is 0.487 e. The predicted octanol–water partition coefficient (Wildman–Crippen LogP) is 4.60. The van der Waals surface area contributed by atoms with Crippen molar-refractivity contribution in [3.8, 4) is 5.75 Å².